The van der Waals surface area contributed by atoms with Crippen LogP contribution in [0.3, 0.4) is 0 Å². The van der Waals surface area contributed by atoms with Gasteiger partial charge in [0.2, 0.25) is 0 Å². The molecular weight excluding hydrogens is 298 g/mol. The van der Waals surface area contributed by atoms with Gasteiger partial charge in [-0.05, 0) is 70.8 Å². The van der Waals surface area contributed by atoms with E-state index in [2.05, 4.69) is 15.5 Å². The number of hydrogen-bond donors (Lipinski definition) is 2. The van der Waals surface area contributed by atoms with E-state index in [-0.39, 0.29) is 5.97 Å². The molecule has 0 aliphatic rings. The number of ether oxygens (including phenoxy) is 1. The average molecular weight is 323 g/mol. The summed E-state index contributed by atoms with van der Waals surface area (Å²) in [6.45, 7) is 5.93. The number of nitrogens with zero attached hydrogens (tertiary/aromatic N) is 1. The topological polar surface area (TPSA) is 53.6 Å². The lowest BCUT2D eigenvalue weighted by Crippen LogP contribution is -2.31. The summed E-state index contributed by atoms with van der Waals surface area (Å²) in [6.07, 6.45) is 1.01. The Morgan fingerprint density at radius 2 is 2.09 bits per heavy atom. The first-order chi connectivity index (χ1) is 10.4. The maximum atomic E-state index is 11.8. The summed E-state index contributed by atoms with van der Waals surface area (Å²) in [6, 6.07) is 5.40. The van der Waals surface area contributed by atoms with Crippen LogP contribution in [0, 0.1) is 6.92 Å². The Kier molecular flexibility index (Phi) is 7.84. The van der Waals surface area contributed by atoms with Crippen LogP contribution in [0.15, 0.2) is 18.2 Å². The van der Waals surface area contributed by atoms with Crippen molar-refractivity contribution < 1.29 is 9.53 Å². The summed E-state index contributed by atoms with van der Waals surface area (Å²) in [7, 11) is 4.08. The molecule has 0 fully saturated rings. The first-order valence-corrected chi connectivity index (χ1v) is 7.82. The van der Waals surface area contributed by atoms with Gasteiger partial charge in [0, 0.05) is 12.2 Å². The number of hydrogen-bond acceptors (Lipinski definition) is 4. The summed E-state index contributed by atoms with van der Waals surface area (Å²) in [5, 5.41) is 6.86. The highest BCUT2D eigenvalue weighted by Gasteiger charge is 2.09. The van der Waals surface area contributed by atoms with Gasteiger partial charge in [0.15, 0.2) is 5.11 Å². The Morgan fingerprint density at radius 1 is 1.36 bits per heavy atom. The molecule has 0 atom stereocenters. The van der Waals surface area contributed by atoms with Gasteiger partial charge >= 0.3 is 5.97 Å². The zero-order chi connectivity index (χ0) is 16.5. The van der Waals surface area contributed by atoms with Gasteiger partial charge in [-0.25, -0.2) is 4.79 Å². The monoisotopic (exact) mass is 323 g/mol. The number of esters is 1. The Bertz CT molecular complexity index is 518. The molecule has 5 nitrogen and oxygen atoms in total. The van der Waals surface area contributed by atoms with Crippen LogP contribution in [0.5, 0.6) is 0 Å². The molecule has 0 aromatic heterocycles. The van der Waals surface area contributed by atoms with Crippen molar-refractivity contribution in [1.29, 1.82) is 0 Å². The first kappa shape index (κ1) is 18.4. The molecule has 0 heterocycles. The molecule has 2 N–H and O–H groups in total. The summed E-state index contributed by atoms with van der Waals surface area (Å²) < 4.78 is 5.01. The van der Waals surface area contributed by atoms with Crippen LogP contribution in [0.1, 0.15) is 29.3 Å². The molecule has 122 valence electrons. The molecular formula is C16H25N3O2S. The molecule has 6 heteroatoms. The van der Waals surface area contributed by atoms with E-state index in [0.717, 1.165) is 30.8 Å². The highest BCUT2D eigenvalue weighted by molar-refractivity contribution is 7.80. The zero-order valence-electron chi connectivity index (χ0n) is 13.7. The summed E-state index contributed by atoms with van der Waals surface area (Å²) in [4.78, 5) is 13.9. The summed E-state index contributed by atoms with van der Waals surface area (Å²) >= 11 is 5.28. The lowest BCUT2D eigenvalue weighted by atomic mass is 10.1. The average Bonchev–Trinajstić information content (AvgIpc) is 2.46. The van der Waals surface area contributed by atoms with Gasteiger partial charge in [-0.3, -0.25) is 0 Å². The quantitative estimate of drug-likeness (QED) is 0.457. The third-order valence-corrected chi connectivity index (χ3v) is 3.31. The highest BCUT2D eigenvalue weighted by atomic mass is 32.1. The van der Waals surface area contributed by atoms with Gasteiger partial charge in [-0.15, -0.1) is 0 Å². The molecule has 0 aliphatic carbocycles. The lowest BCUT2D eigenvalue weighted by molar-refractivity contribution is 0.0526. The second-order valence-corrected chi connectivity index (χ2v) is 5.70. The number of thiocarbonyl (C=S) groups is 1. The van der Waals surface area contributed by atoms with Crippen LogP contribution in [0.4, 0.5) is 5.69 Å². The minimum atomic E-state index is -0.324. The number of carbonyl (C=O) groups is 1. The van der Waals surface area contributed by atoms with Crippen molar-refractivity contribution in [2.45, 2.75) is 20.3 Å². The Morgan fingerprint density at radius 3 is 2.73 bits per heavy atom. The summed E-state index contributed by atoms with van der Waals surface area (Å²) in [5.74, 6) is -0.324. The van der Waals surface area contributed by atoms with Crippen LogP contribution in [-0.2, 0) is 4.74 Å². The fourth-order valence-corrected chi connectivity index (χ4v) is 2.07. The van der Waals surface area contributed by atoms with Crippen LogP contribution in [0.25, 0.3) is 0 Å². The molecule has 0 unspecified atom stereocenters. The van der Waals surface area contributed by atoms with Crippen molar-refractivity contribution in [3.8, 4) is 0 Å². The Balaban J connectivity index is 2.58. The van der Waals surface area contributed by atoms with Gasteiger partial charge in [-0.2, -0.15) is 0 Å². The number of nitrogens with one attached hydrogen (secondary N) is 2. The standard InChI is InChI=1S/C16H25N3O2S/c1-5-21-15(20)13-8-7-12(2)14(11-13)18-16(22)17-9-6-10-19(3)4/h7-8,11H,5-6,9-10H2,1-4H3,(H2,17,18,22). The number of carbonyl (C=O) groups excluding carboxylic acids is 1. The van der Waals surface area contributed by atoms with Crippen LogP contribution in [0.2, 0.25) is 0 Å². The molecule has 0 spiro atoms. The lowest BCUT2D eigenvalue weighted by Gasteiger charge is -2.14. The number of rotatable bonds is 7. The van der Waals surface area contributed by atoms with E-state index in [0.29, 0.717) is 17.3 Å². The largest absolute Gasteiger partial charge is 0.462 e. The van der Waals surface area contributed by atoms with Gasteiger partial charge < -0.3 is 20.3 Å². The molecule has 1 aromatic carbocycles. The fraction of sp³-hybridized carbons (Fsp3) is 0.500. The number of anilines is 1. The first-order valence-electron chi connectivity index (χ1n) is 7.41. The van der Waals surface area contributed by atoms with Crippen molar-refractivity contribution in [3.05, 3.63) is 29.3 Å². The predicted molar refractivity (Wildman–Crippen MR) is 94.5 cm³/mol. The molecule has 1 rings (SSSR count). The SMILES string of the molecule is CCOC(=O)c1ccc(C)c(NC(=S)NCCCN(C)C)c1. The maximum Gasteiger partial charge on any atom is 0.338 e. The molecule has 22 heavy (non-hydrogen) atoms. The fourth-order valence-electron chi connectivity index (χ4n) is 1.86. The molecule has 1 aromatic rings. The molecule has 0 radical (unpaired) electrons. The van der Waals surface area contributed by atoms with Gasteiger partial charge in [0.25, 0.3) is 0 Å². The van der Waals surface area contributed by atoms with Crippen LogP contribution in [-0.4, -0.2) is 49.8 Å². The van der Waals surface area contributed by atoms with E-state index in [1.807, 2.05) is 27.1 Å². The molecule has 0 bridgehead atoms. The zero-order valence-corrected chi connectivity index (χ0v) is 14.5. The third-order valence-electron chi connectivity index (χ3n) is 3.06. The smallest absolute Gasteiger partial charge is 0.338 e. The minimum Gasteiger partial charge on any atom is -0.462 e. The second kappa shape index (κ2) is 9.38. The molecule has 0 saturated heterocycles. The van der Waals surface area contributed by atoms with Crippen LogP contribution < -0.4 is 10.6 Å². The Hall–Kier alpha value is -1.66. The van der Waals surface area contributed by atoms with E-state index in [9.17, 15) is 4.79 Å². The van der Waals surface area contributed by atoms with Crippen molar-refractivity contribution in [3.63, 3.8) is 0 Å². The normalized spacial score (nSPS) is 10.4. The maximum absolute atomic E-state index is 11.8. The van der Waals surface area contributed by atoms with E-state index < -0.39 is 0 Å². The Labute approximate surface area is 138 Å². The molecule has 0 aliphatic heterocycles. The summed E-state index contributed by atoms with van der Waals surface area (Å²) in [5.41, 5.74) is 2.35. The van der Waals surface area contributed by atoms with E-state index in [1.54, 1.807) is 19.1 Å². The number of benzene rings is 1. The van der Waals surface area contributed by atoms with Gasteiger partial charge in [-0.1, -0.05) is 6.07 Å². The number of aryl methyl sites for hydroxylation is 1. The van der Waals surface area contributed by atoms with Gasteiger partial charge in [0.05, 0.1) is 12.2 Å². The molecule has 0 saturated carbocycles. The highest BCUT2D eigenvalue weighted by Crippen LogP contribution is 2.17. The van der Waals surface area contributed by atoms with Gasteiger partial charge in [0.1, 0.15) is 0 Å². The minimum absolute atomic E-state index is 0.324. The van der Waals surface area contributed by atoms with Crippen molar-refractivity contribution >= 4 is 29.0 Å². The molecule has 0 amide bonds. The van der Waals surface area contributed by atoms with Crippen molar-refractivity contribution in [2.24, 2.45) is 0 Å². The van der Waals surface area contributed by atoms with Crippen molar-refractivity contribution in [1.82, 2.24) is 10.2 Å². The third kappa shape index (κ3) is 6.41. The predicted octanol–water partition coefficient (Wildman–Crippen LogP) is 2.41. The van der Waals surface area contributed by atoms with E-state index >= 15 is 0 Å². The van der Waals surface area contributed by atoms with E-state index in [1.165, 1.54) is 0 Å². The van der Waals surface area contributed by atoms with Crippen LogP contribution >= 0.6 is 12.2 Å². The van der Waals surface area contributed by atoms with Crippen molar-refractivity contribution in [2.75, 3.05) is 39.1 Å². The van der Waals surface area contributed by atoms with E-state index in [4.69, 9.17) is 17.0 Å². The second-order valence-electron chi connectivity index (χ2n) is 5.29.